The number of unbranched alkanes of at least 4 members (excludes halogenated alkanes) is 14. The van der Waals surface area contributed by atoms with Crippen LogP contribution in [0.1, 0.15) is 251 Å². The van der Waals surface area contributed by atoms with Crippen molar-refractivity contribution in [2.24, 2.45) is 4.99 Å². The number of thiol groups is 6. The number of isocyanates is 1. The van der Waals surface area contributed by atoms with Crippen LogP contribution < -0.4 is 17.1 Å². The SMILES string of the molecule is CC(C)(SCCCCS)SCCOCCSC(C)(C)SCCCCS.CCCBr.CCCSCCCCSC(C)(C)SCCOCCSC(C)(C)SCCCCSCCC.COC(C)(C)OC.N#COCCCCCCn1c(=O)n(CCCCCCN=C=O)c(=O)n(CCCCCCOC#N)c1=O.SCCCCS.SCCOCCS. The van der Waals surface area contributed by atoms with E-state index in [2.05, 4.69) is 276 Å². The molecule has 0 spiro atoms. The maximum absolute atomic E-state index is 13.0. The van der Waals surface area contributed by atoms with E-state index in [0.717, 1.165) is 161 Å². The summed E-state index contributed by atoms with van der Waals surface area (Å²) < 4.78 is 40.4. The molecule has 0 saturated heterocycles. The molecule has 0 amide bonds. The van der Waals surface area contributed by atoms with Gasteiger partial charge in [0, 0.05) is 73.7 Å². The highest BCUT2D eigenvalue weighted by atomic mass is 79.9. The number of aliphatic imine (C=N–C) groups is 1. The Morgan fingerprint density at radius 2 is 0.621 bits per heavy atom. The fourth-order valence-electron chi connectivity index (χ4n) is 8.90. The van der Waals surface area contributed by atoms with Crippen LogP contribution in [0.3, 0.4) is 0 Å². The molecule has 0 bridgehead atoms. The standard InChI is InChI=1S/C24H36N6O6.C24H50OS6.C18H38OS6.C5H12O2.C4H10OS2.C4H10S2.C3H7Br/c25-19-35-17-11-5-3-9-15-29-22(32)28(14-8-2-1-7-13-27-21-31)23(33)30(24(29)34)16-10-4-6-12-18-36-20-26;1-7-15-26-17-9-11-19-28-23(3,4)30-21-13-25-14-22-31-24(5,6)29-20-12-10-18-27-16-8-2;1-17(2,22-13-7-5-11-20)24-15-9-19-10-16-25-18(3,4)23-14-8-6-12-21;1-5(2,6-3)7-4;6-3-1-5-2-4-7;5-3-1-2-4-6;1-2-3-4/h1-18H2;7-22H2,1-6H3;20-21H,5-16H2,1-4H3;1-4H3;6-7H,1-4H2;5-6H,1-4H2;2-3H2,1H3. The molecule has 1 heterocycles. The largest absolute Gasteiger partial charge is 0.428 e. The molecule has 1 aromatic rings. The van der Waals surface area contributed by atoms with Gasteiger partial charge in [0.15, 0.2) is 5.79 Å². The van der Waals surface area contributed by atoms with Gasteiger partial charge in [-0.25, -0.2) is 37.9 Å². The number of nitrogens with zero attached hydrogens (tertiary/aromatic N) is 6. The van der Waals surface area contributed by atoms with Crippen LogP contribution in [0.5, 0.6) is 0 Å². The molecule has 0 aromatic carbocycles. The van der Waals surface area contributed by atoms with Crippen molar-refractivity contribution in [3.05, 3.63) is 31.5 Å². The maximum atomic E-state index is 13.0. The molecular formula is C82H163BrN6O11S16. The van der Waals surface area contributed by atoms with Crippen molar-refractivity contribution in [1.29, 1.82) is 10.5 Å². The second-order valence-corrected chi connectivity index (χ2v) is 48.9. The Bertz CT molecular complexity index is 2410. The number of alkyl halides is 1. The zero-order chi connectivity index (χ0) is 88.4. The van der Waals surface area contributed by atoms with E-state index in [9.17, 15) is 19.2 Å². The number of halogens is 1. The number of hydrogen-bond donors (Lipinski definition) is 6. The second kappa shape index (κ2) is 97.9. The molecule has 1 rings (SSSR count). The number of aromatic nitrogens is 3. The van der Waals surface area contributed by atoms with Gasteiger partial charge >= 0.3 is 17.1 Å². The lowest BCUT2D eigenvalue weighted by molar-refractivity contribution is -0.178. The molecule has 690 valence electrons. The Kier molecular flexibility index (Phi) is 109. The molecule has 34 heteroatoms. The lowest BCUT2D eigenvalue weighted by atomic mass is 10.2. The van der Waals surface area contributed by atoms with Crippen LogP contribution in [0.15, 0.2) is 19.4 Å². The summed E-state index contributed by atoms with van der Waals surface area (Å²) in [5.74, 6) is 19.9. The average Bonchev–Trinajstić information content (AvgIpc) is 0.786. The third-order valence-electron chi connectivity index (χ3n) is 15.6. The number of carbonyl (C=O) groups excluding carboxylic acids is 1. The maximum Gasteiger partial charge on any atom is 0.336 e. The Hall–Kier alpha value is 2.25. The first kappa shape index (κ1) is 129. The van der Waals surface area contributed by atoms with Crippen LogP contribution in [0.4, 0.5) is 0 Å². The van der Waals surface area contributed by atoms with E-state index in [1.54, 1.807) is 26.7 Å². The Morgan fingerprint density at radius 3 is 0.879 bits per heavy atom. The van der Waals surface area contributed by atoms with Crippen molar-refractivity contribution < 1.29 is 38.0 Å². The van der Waals surface area contributed by atoms with Crippen LogP contribution in [-0.4, -0.2) is 224 Å². The molecule has 0 fully saturated rings. The highest BCUT2D eigenvalue weighted by Crippen LogP contribution is 2.40. The van der Waals surface area contributed by atoms with Crippen LogP contribution >= 0.6 is 209 Å². The van der Waals surface area contributed by atoms with E-state index in [0.29, 0.717) is 68.2 Å². The van der Waals surface area contributed by atoms with Gasteiger partial charge in [0.2, 0.25) is 6.08 Å². The van der Waals surface area contributed by atoms with Gasteiger partial charge in [-0.2, -0.15) is 110 Å². The fourth-order valence-corrected chi connectivity index (χ4v) is 21.3. The minimum atomic E-state index is -0.590. The Balaban J connectivity index is -0.000000343. The molecule has 0 aliphatic rings. The predicted molar refractivity (Wildman–Crippen MR) is 556 cm³/mol. The molecular weight excluding hydrogens is 1840 g/mol. The molecule has 0 radical (unpaired) electrons. The molecule has 1 aromatic heterocycles. The van der Waals surface area contributed by atoms with Gasteiger partial charge in [0.1, 0.15) is 13.2 Å². The molecule has 0 unspecified atom stereocenters. The first-order valence-corrected chi connectivity index (χ1v) is 57.0. The first-order chi connectivity index (χ1) is 55.6. The molecule has 17 nitrogen and oxygen atoms in total. The summed E-state index contributed by atoms with van der Waals surface area (Å²) in [4.78, 5) is 52.7. The number of methoxy groups -OCH3 is 2. The normalized spacial score (nSPS) is 11.3. The van der Waals surface area contributed by atoms with Gasteiger partial charge < -0.3 is 33.2 Å². The minimum Gasteiger partial charge on any atom is -0.428 e. The van der Waals surface area contributed by atoms with Crippen molar-refractivity contribution >= 4 is 215 Å². The van der Waals surface area contributed by atoms with E-state index in [-0.39, 0.29) is 19.6 Å². The summed E-state index contributed by atoms with van der Waals surface area (Å²) >= 11 is 48.4. The summed E-state index contributed by atoms with van der Waals surface area (Å²) in [5.41, 5.74) is -1.77. The quantitative estimate of drug-likeness (QED) is 0.00682. The number of hydrogen-bond acceptors (Lipinski definition) is 30. The van der Waals surface area contributed by atoms with Gasteiger partial charge in [-0.3, -0.25) is 0 Å². The highest BCUT2D eigenvalue weighted by Gasteiger charge is 2.23. The monoisotopic (exact) mass is 2000 g/mol. The van der Waals surface area contributed by atoms with Crippen molar-refractivity contribution in [3.8, 4) is 12.5 Å². The number of rotatable bonds is 73. The smallest absolute Gasteiger partial charge is 0.336 e. The van der Waals surface area contributed by atoms with Crippen LogP contribution in [0.25, 0.3) is 0 Å². The van der Waals surface area contributed by atoms with Gasteiger partial charge in [-0.15, -0.1) is 94.1 Å². The first-order valence-electron chi connectivity index (χ1n) is 41.9. The van der Waals surface area contributed by atoms with Crippen LogP contribution in [0, 0.1) is 23.0 Å². The molecule has 116 heavy (non-hydrogen) atoms. The third kappa shape index (κ3) is 98.4. The van der Waals surface area contributed by atoms with E-state index in [4.69, 9.17) is 34.2 Å². The van der Waals surface area contributed by atoms with E-state index in [1.165, 1.54) is 136 Å². The van der Waals surface area contributed by atoms with Gasteiger partial charge in [0.05, 0.1) is 62.5 Å². The topological polar surface area (TPSA) is 208 Å². The van der Waals surface area contributed by atoms with Crippen molar-refractivity contribution in [2.45, 2.75) is 292 Å². The minimum absolute atomic E-state index is 0.214. The Labute approximate surface area is 793 Å². The molecule has 0 atom stereocenters. The number of nitriles is 2. The lowest BCUT2D eigenvalue weighted by Gasteiger charge is -2.24. The second-order valence-electron chi connectivity index (χ2n) is 28.2. The lowest BCUT2D eigenvalue weighted by Crippen LogP contribution is -2.54. The highest BCUT2D eigenvalue weighted by molar-refractivity contribution is 9.09. The van der Waals surface area contributed by atoms with Crippen LogP contribution in [-0.2, 0) is 57.6 Å². The van der Waals surface area contributed by atoms with Crippen molar-refractivity contribution in [2.75, 3.05) is 183 Å². The van der Waals surface area contributed by atoms with Crippen LogP contribution in [0.2, 0.25) is 0 Å². The zero-order valence-electron chi connectivity index (χ0n) is 74.4. The third-order valence-corrected chi connectivity index (χ3v) is 32.4. The summed E-state index contributed by atoms with van der Waals surface area (Å²) in [6.45, 7) is 35.9. The molecule has 0 aliphatic heterocycles. The summed E-state index contributed by atoms with van der Waals surface area (Å²) in [6, 6.07) is 0. The Morgan fingerprint density at radius 1 is 0.353 bits per heavy atom. The van der Waals surface area contributed by atoms with Crippen molar-refractivity contribution in [1.82, 2.24) is 13.7 Å². The zero-order valence-corrected chi connectivity index (χ0v) is 89.5. The number of thioether (sulfide) groups is 10. The number of ether oxygens (including phenoxy) is 7. The van der Waals surface area contributed by atoms with E-state index < -0.39 is 22.9 Å². The molecule has 0 aliphatic carbocycles. The van der Waals surface area contributed by atoms with Crippen molar-refractivity contribution in [3.63, 3.8) is 0 Å². The predicted octanol–water partition coefficient (Wildman–Crippen LogP) is 23.6. The summed E-state index contributed by atoms with van der Waals surface area (Å²) in [6.07, 6.45) is 30.0. The van der Waals surface area contributed by atoms with Gasteiger partial charge in [-0.05, 0) is 273 Å². The summed E-state index contributed by atoms with van der Waals surface area (Å²) in [7, 11) is 3.23. The molecule has 0 saturated carbocycles. The fraction of sp³-hybridized carbons (Fsp3) is 0.927. The van der Waals surface area contributed by atoms with Gasteiger partial charge in [0.25, 0.3) is 12.5 Å². The van der Waals surface area contributed by atoms with E-state index >= 15 is 0 Å². The summed E-state index contributed by atoms with van der Waals surface area (Å²) in [5, 5.41) is 17.9. The average molecular weight is 2000 g/mol. The van der Waals surface area contributed by atoms with Gasteiger partial charge in [-0.1, -0.05) is 62.4 Å². The molecule has 0 N–H and O–H groups in total. The van der Waals surface area contributed by atoms with E-state index in [1.807, 2.05) is 37.4 Å².